The molecule has 0 unspecified atom stereocenters. The van der Waals surface area contributed by atoms with Gasteiger partial charge in [-0.2, -0.15) is 0 Å². The zero-order valence-electron chi connectivity index (χ0n) is 18.6. The summed E-state index contributed by atoms with van der Waals surface area (Å²) in [5.41, 5.74) is 2.32. The van der Waals surface area contributed by atoms with E-state index < -0.39 is 10.0 Å². The molecular weight excluding hydrogens is 474 g/mol. The highest BCUT2D eigenvalue weighted by Crippen LogP contribution is 2.24. The third kappa shape index (κ3) is 6.11. The van der Waals surface area contributed by atoms with E-state index in [1.54, 1.807) is 43.6 Å². The second kappa shape index (κ2) is 10.5. The standard InChI is InChI=1S/C24H26ClN5O3S/c1-16-18(8-13-23(28-16)30-34(32,33)22-5-3-2-4-21(22)25)7-6-17-14-26-24(27-15-17)29-19-9-11-20(31)12-10-19/h2-8,13-15,19-20,31H,9-12H2,1H3,(H,28,30)(H,26,27,29)/b7-6+/t19-,20-. The van der Waals surface area contributed by atoms with E-state index in [0.29, 0.717) is 11.6 Å². The van der Waals surface area contributed by atoms with Gasteiger partial charge < -0.3 is 10.4 Å². The first kappa shape index (κ1) is 24.1. The molecule has 0 atom stereocenters. The highest BCUT2D eigenvalue weighted by Gasteiger charge is 2.20. The van der Waals surface area contributed by atoms with Crippen LogP contribution < -0.4 is 10.0 Å². The summed E-state index contributed by atoms with van der Waals surface area (Å²) in [4.78, 5) is 13.1. The number of hydrogen-bond donors (Lipinski definition) is 3. The minimum Gasteiger partial charge on any atom is -0.393 e. The lowest BCUT2D eigenvalue weighted by molar-refractivity contribution is 0.126. The van der Waals surface area contributed by atoms with Crippen molar-refractivity contribution >= 4 is 45.5 Å². The Labute approximate surface area is 204 Å². The highest BCUT2D eigenvalue weighted by atomic mass is 35.5. The van der Waals surface area contributed by atoms with Crippen LogP contribution in [0.25, 0.3) is 12.2 Å². The molecule has 34 heavy (non-hydrogen) atoms. The van der Waals surface area contributed by atoms with Crippen molar-refractivity contribution < 1.29 is 13.5 Å². The van der Waals surface area contributed by atoms with Gasteiger partial charge in [-0.15, -0.1) is 0 Å². The number of sulfonamides is 1. The van der Waals surface area contributed by atoms with Gasteiger partial charge in [0.2, 0.25) is 5.95 Å². The van der Waals surface area contributed by atoms with Crippen LogP contribution in [0.5, 0.6) is 0 Å². The normalized spacial score (nSPS) is 18.7. The number of benzene rings is 1. The van der Waals surface area contributed by atoms with E-state index in [-0.39, 0.29) is 27.9 Å². The third-order valence-electron chi connectivity index (χ3n) is 5.65. The molecule has 2 aromatic heterocycles. The molecule has 1 aromatic carbocycles. The summed E-state index contributed by atoms with van der Waals surface area (Å²) in [5.74, 6) is 0.787. The van der Waals surface area contributed by atoms with E-state index in [0.717, 1.165) is 36.8 Å². The number of anilines is 2. The number of pyridine rings is 1. The quantitative estimate of drug-likeness (QED) is 0.437. The van der Waals surface area contributed by atoms with Crippen LogP contribution in [0.2, 0.25) is 5.02 Å². The summed E-state index contributed by atoms with van der Waals surface area (Å²) in [5, 5.41) is 13.1. The molecule has 0 spiro atoms. The van der Waals surface area contributed by atoms with Gasteiger partial charge in [0.05, 0.1) is 11.1 Å². The molecule has 0 radical (unpaired) electrons. The highest BCUT2D eigenvalue weighted by molar-refractivity contribution is 7.92. The first-order valence-corrected chi connectivity index (χ1v) is 12.9. The smallest absolute Gasteiger partial charge is 0.264 e. The average Bonchev–Trinajstić information content (AvgIpc) is 2.81. The number of halogens is 1. The number of aromatic nitrogens is 3. The number of aliphatic hydroxyl groups is 1. The maximum Gasteiger partial charge on any atom is 0.264 e. The van der Waals surface area contributed by atoms with Crippen molar-refractivity contribution in [3.05, 3.63) is 70.6 Å². The van der Waals surface area contributed by atoms with Gasteiger partial charge in [0.1, 0.15) is 10.7 Å². The van der Waals surface area contributed by atoms with Crippen molar-refractivity contribution in [3.8, 4) is 0 Å². The second-order valence-electron chi connectivity index (χ2n) is 8.23. The average molecular weight is 500 g/mol. The molecule has 178 valence electrons. The number of nitrogens with zero attached hydrogens (tertiary/aromatic N) is 3. The van der Waals surface area contributed by atoms with Gasteiger partial charge in [-0.1, -0.05) is 35.9 Å². The summed E-state index contributed by atoms with van der Waals surface area (Å²) in [7, 11) is -3.84. The van der Waals surface area contributed by atoms with Crippen LogP contribution in [0.15, 0.2) is 53.7 Å². The summed E-state index contributed by atoms with van der Waals surface area (Å²) in [6.45, 7) is 1.80. The fraction of sp³-hybridized carbons (Fsp3) is 0.292. The Kier molecular flexibility index (Phi) is 7.45. The minimum absolute atomic E-state index is 0.000827. The zero-order valence-corrected chi connectivity index (χ0v) is 20.2. The van der Waals surface area contributed by atoms with E-state index in [9.17, 15) is 13.5 Å². The SMILES string of the molecule is Cc1nc(NS(=O)(=O)c2ccccc2Cl)ccc1/C=C/c1cnc(N[C@H]2CC[C@H](O)CC2)nc1. The molecule has 8 nitrogen and oxygen atoms in total. The van der Waals surface area contributed by atoms with Gasteiger partial charge >= 0.3 is 0 Å². The van der Waals surface area contributed by atoms with Crippen LogP contribution in [0.4, 0.5) is 11.8 Å². The van der Waals surface area contributed by atoms with Gasteiger partial charge in [-0.05, 0) is 62.4 Å². The Bertz CT molecular complexity index is 1270. The predicted molar refractivity (Wildman–Crippen MR) is 134 cm³/mol. The minimum atomic E-state index is -3.84. The van der Waals surface area contributed by atoms with Crippen molar-refractivity contribution in [2.45, 2.75) is 49.6 Å². The van der Waals surface area contributed by atoms with E-state index in [2.05, 4.69) is 25.0 Å². The monoisotopic (exact) mass is 499 g/mol. The zero-order chi connectivity index (χ0) is 24.1. The topological polar surface area (TPSA) is 117 Å². The van der Waals surface area contributed by atoms with Crippen molar-refractivity contribution in [2.75, 3.05) is 10.0 Å². The first-order valence-electron chi connectivity index (χ1n) is 11.0. The molecule has 1 aliphatic carbocycles. The van der Waals surface area contributed by atoms with Crippen LogP contribution in [-0.4, -0.2) is 40.6 Å². The van der Waals surface area contributed by atoms with Crippen molar-refractivity contribution in [2.24, 2.45) is 0 Å². The van der Waals surface area contributed by atoms with Crippen LogP contribution in [0.3, 0.4) is 0 Å². The fourth-order valence-electron chi connectivity index (χ4n) is 3.75. The molecule has 3 N–H and O–H groups in total. The number of nitrogens with one attached hydrogen (secondary N) is 2. The molecule has 2 heterocycles. The second-order valence-corrected chi connectivity index (χ2v) is 10.3. The molecular formula is C24H26ClN5O3S. The van der Waals surface area contributed by atoms with Gasteiger partial charge in [0.15, 0.2) is 0 Å². The van der Waals surface area contributed by atoms with Gasteiger partial charge in [0, 0.05) is 29.7 Å². The number of rotatable bonds is 7. The fourth-order valence-corrected chi connectivity index (χ4v) is 5.27. The Balaban J connectivity index is 1.39. The molecule has 0 saturated heterocycles. The Morgan fingerprint density at radius 2 is 1.74 bits per heavy atom. The molecule has 10 heteroatoms. The molecule has 0 aliphatic heterocycles. The summed E-state index contributed by atoms with van der Waals surface area (Å²) in [6.07, 6.45) is 10.4. The van der Waals surface area contributed by atoms with Gasteiger partial charge in [-0.25, -0.2) is 23.4 Å². The lowest BCUT2D eigenvalue weighted by Crippen LogP contribution is -2.28. The number of aryl methyl sites for hydroxylation is 1. The molecule has 3 aromatic rings. The predicted octanol–water partition coefficient (Wildman–Crippen LogP) is 4.52. The number of aliphatic hydroxyl groups excluding tert-OH is 1. The first-order chi connectivity index (χ1) is 16.3. The molecule has 0 amide bonds. The van der Waals surface area contributed by atoms with Crippen LogP contribution in [0.1, 0.15) is 42.5 Å². The maximum atomic E-state index is 12.6. The Hall–Kier alpha value is -3.01. The molecule has 1 saturated carbocycles. The molecule has 1 aliphatic rings. The van der Waals surface area contributed by atoms with E-state index in [4.69, 9.17) is 11.6 Å². The third-order valence-corrected chi connectivity index (χ3v) is 7.50. The lowest BCUT2D eigenvalue weighted by atomic mass is 9.93. The van der Waals surface area contributed by atoms with Crippen LogP contribution in [0, 0.1) is 6.92 Å². The Morgan fingerprint density at radius 3 is 2.41 bits per heavy atom. The van der Waals surface area contributed by atoms with Crippen molar-refractivity contribution in [1.82, 2.24) is 15.0 Å². The van der Waals surface area contributed by atoms with Crippen LogP contribution >= 0.6 is 11.6 Å². The van der Waals surface area contributed by atoms with Crippen LogP contribution in [-0.2, 0) is 10.0 Å². The molecule has 1 fully saturated rings. The van der Waals surface area contributed by atoms with Crippen molar-refractivity contribution in [3.63, 3.8) is 0 Å². The van der Waals surface area contributed by atoms with E-state index in [1.165, 1.54) is 12.1 Å². The van der Waals surface area contributed by atoms with Crippen molar-refractivity contribution in [1.29, 1.82) is 0 Å². The van der Waals surface area contributed by atoms with Gasteiger partial charge in [-0.3, -0.25) is 4.72 Å². The lowest BCUT2D eigenvalue weighted by Gasteiger charge is -2.26. The maximum absolute atomic E-state index is 12.6. The largest absolute Gasteiger partial charge is 0.393 e. The molecule has 0 bridgehead atoms. The van der Waals surface area contributed by atoms with E-state index >= 15 is 0 Å². The van der Waals surface area contributed by atoms with E-state index in [1.807, 2.05) is 12.2 Å². The molecule has 4 rings (SSSR count). The van der Waals surface area contributed by atoms with Gasteiger partial charge in [0.25, 0.3) is 10.0 Å². The summed E-state index contributed by atoms with van der Waals surface area (Å²) in [6, 6.07) is 9.92. The number of hydrogen-bond acceptors (Lipinski definition) is 7. The summed E-state index contributed by atoms with van der Waals surface area (Å²) < 4.78 is 27.7. The Morgan fingerprint density at radius 1 is 1.03 bits per heavy atom. The summed E-state index contributed by atoms with van der Waals surface area (Å²) >= 11 is 6.02.